The third-order valence-corrected chi connectivity index (χ3v) is 8.37. The fourth-order valence-electron chi connectivity index (χ4n) is 4.15. The number of rotatable bonds is 12. The second kappa shape index (κ2) is 13.4. The molecule has 0 heterocycles. The first kappa shape index (κ1) is 29.8. The predicted molar refractivity (Wildman–Crippen MR) is 151 cm³/mol. The third kappa shape index (κ3) is 7.44. The van der Waals surface area contributed by atoms with E-state index in [1.807, 2.05) is 51.1 Å². The van der Waals surface area contributed by atoms with Crippen LogP contribution in [0.2, 0.25) is 0 Å². The summed E-state index contributed by atoms with van der Waals surface area (Å²) in [7, 11) is -4.33. The van der Waals surface area contributed by atoms with Crippen molar-refractivity contribution in [1.82, 2.24) is 10.2 Å². The summed E-state index contributed by atoms with van der Waals surface area (Å²) in [6.45, 7) is 6.84. The van der Waals surface area contributed by atoms with Crippen molar-refractivity contribution in [2.24, 2.45) is 0 Å². The zero-order chi connectivity index (χ0) is 28.6. The summed E-state index contributed by atoms with van der Waals surface area (Å²) in [5, 5.41) is 2.93. The molecule has 0 aromatic heterocycles. The molecular weight excluding hydrogens is 517 g/mol. The zero-order valence-corrected chi connectivity index (χ0v) is 23.6. The number of nitrogens with zero attached hydrogens (tertiary/aromatic N) is 2. The van der Waals surface area contributed by atoms with Gasteiger partial charge in [-0.1, -0.05) is 74.0 Å². The molecule has 3 aromatic rings. The number of carbonyl (C=O) groups is 2. The van der Waals surface area contributed by atoms with Gasteiger partial charge in [-0.25, -0.2) is 12.8 Å². The van der Waals surface area contributed by atoms with Crippen molar-refractivity contribution in [3.8, 4) is 0 Å². The number of halogens is 1. The van der Waals surface area contributed by atoms with Gasteiger partial charge >= 0.3 is 0 Å². The molecule has 0 aliphatic rings. The molecule has 0 aliphatic heterocycles. The van der Waals surface area contributed by atoms with Crippen molar-refractivity contribution in [1.29, 1.82) is 0 Å². The number of carbonyl (C=O) groups excluding carboxylic acids is 2. The van der Waals surface area contributed by atoms with E-state index in [-0.39, 0.29) is 29.1 Å². The molecule has 0 saturated carbocycles. The van der Waals surface area contributed by atoms with Crippen LogP contribution in [-0.2, 0) is 26.2 Å². The van der Waals surface area contributed by atoms with Gasteiger partial charge in [0.1, 0.15) is 18.4 Å². The lowest BCUT2D eigenvalue weighted by atomic mass is 10.1. The Morgan fingerprint density at radius 2 is 1.51 bits per heavy atom. The van der Waals surface area contributed by atoms with E-state index < -0.39 is 34.3 Å². The average Bonchev–Trinajstić information content (AvgIpc) is 2.92. The number of sulfonamides is 1. The molecule has 39 heavy (non-hydrogen) atoms. The molecule has 0 saturated heterocycles. The van der Waals surface area contributed by atoms with Crippen LogP contribution in [0.15, 0.2) is 83.8 Å². The standard InChI is InChI=1S/C30H36FN3O4S/c1-5-23(4)32-30(36)27(6-2)33(20-24-12-8-7-9-13-24)29(35)21-34(28-15-11-10-14-26(28)31)39(37,38)25-18-16-22(3)17-19-25/h7-19,23,27H,5-6,20-21H2,1-4H3,(H,32,36)/t23-,27+/m0/s1. The average molecular weight is 554 g/mol. The molecule has 9 heteroatoms. The monoisotopic (exact) mass is 553 g/mol. The minimum Gasteiger partial charge on any atom is -0.352 e. The molecular formula is C30H36FN3O4S. The topological polar surface area (TPSA) is 86.8 Å². The quantitative estimate of drug-likeness (QED) is 0.340. The summed E-state index contributed by atoms with van der Waals surface area (Å²) in [5.74, 6) is -1.73. The lowest BCUT2D eigenvalue weighted by Gasteiger charge is -2.33. The molecule has 7 nitrogen and oxygen atoms in total. The van der Waals surface area contributed by atoms with Gasteiger partial charge in [0.25, 0.3) is 10.0 Å². The molecule has 0 fully saturated rings. The van der Waals surface area contributed by atoms with Crippen molar-refractivity contribution < 1.29 is 22.4 Å². The Hall–Kier alpha value is -3.72. The molecule has 0 spiro atoms. The SMILES string of the molecule is CC[C@H](C(=O)N[C@@H](C)CC)N(Cc1ccccc1)C(=O)CN(c1ccccc1F)S(=O)(=O)c1ccc(C)cc1. The Balaban J connectivity index is 2.05. The Labute approximate surface area is 230 Å². The molecule has 2 atom stereocenters. The van der Waals surface area contributed by atoms with Crippen molar-refractivity contribution >= 4 is 27.5 Å². The molecule has 0 radical (unpaired) electrons. The molecule has 3 aromatic carbocycles. The van der Waals surface area contributed by atoms with E-state index in [2.05, 4.69) is 5.32 Å². The van der Waals surface area contributed by atoms with Gasteiger partial charge in [0, 0.05) is 12.6 Å². The van der Waals surface area contributed by atoms with Crippen LogP contribution < -0.4 is 9.62 Å². The zero-order valence-electron chi connectivity index (χ0n) is 22.8. The summed E-state index contributed by atoms with van der Waals surface area (Å²) in [4.78, 5) is 28.5. The molecule has 1 N–H and O–H groups in total. The van der Waals surface area contributed by atoms with E-state index in [1.165, 1.54) is 35.2 Å². The smallest absolute Gasteiger partial charge is 0.264 e. The second-order valence-corrected chi connectivity index (χ2v) is 11.4. The van der Waals surface area contributed by atoms with Crippen molar-refractivity contribution in [3.05, 3.63) is 95.8 Å². The predicted octanol–water partition coefficient (Wildman–Crippen LogP) is 5.05. The summed E-state index contributed by atoms with van der Waals surface area (Å²) >= 11 is 0. The van der Waals surface area contributed by atoms with Gasteiger partial charge in [0.15, 0.2) is 0 Å². The van der Waals surface area contributed by atoms with Crippen molar-refractivity contribution in [2.45, 2.75) is 64.1 Å². The Morgan fingerprint density at radius 3 is 2.10 bits per heavy atom. The van der Waals surface area contributed by atoms with E-state index in [4.69, 9.17) is 0 Å². The number of benzene rings is 3. The maximum atomic E-state index is 15.0. The summed E-state index contributed by atoms with van der Waals surface area (Å²) in [6.07, 6.45) is 1.02. The van der Waals surface area contributed by atoms with Gasteiger partial charge in [-0.2, -0.15) is 0 Å². The van der Waals surface area contributed by atoms with Gasteiger partial charge in [-0.05, 0) is 56.5 Å². The fourth-order valence-corrected chi connectivity index (χ4v) is 5.57. The van der Waals surface area contributed by atoms with Crippen LogP contribution in [-0.4, -0.2) is 43.8 Å². The lowest BCUT2D eigenvalue weighted by Crippen LogP contribution is -2.53. The van der Waals surface area contributed by atoms with Gasteiger partial charge in [0.05, 0.1) is 10.6 Å². The molecule has 0 bridgehead atoms. The number of para-hydroxylation sites is 1. The van der Waals surface area contributed by atoms with E-state index in [1.54, 1.807) is 19.1 Å². The maximum Gasteiger partial charge on any atom is 0.264 e. The van der Waals surface area contributed by atoms with Crippen LogP contribution >= 0.6 is 0 Å². The molecule has 3 rings (SSSR count). The van der Waals surface area contributed by atoms with Crippen LogP contribution in [0.1, 0.15) is 44.7 Å². The third-order valence-electron chi connectivity index (χ3n) is 6.59. The first-order valence-corrected chi connectivity index (χ1v) is 14.5. The molecule has 0 aliphatic carbocycles. The van der Waals surface area contributed by atoms with E-state index >= 15 is 0 Å². The van der Waals surface area contributed by atoms with Gasteiger partial charge in [-0.3, -0.25) is 13.9 Å². The Morgan fingerprint density at radius 1 is 0.897 bits per heavy atom. The van der Waals surface area contributed by atoms with Gasteiger partial charge in [0.2, 0.25) is 11.8 Å². The number of amides is 2. The van der Waals surface area contributed by atoms with Crippen molar-refractivity contribution in [2.75, 3.05) is 10.8 Å². The number of nitrogens with one attached hydrogen (secondary N) is 1. The molecule has 2 amide bonds. The molecule has 208 valence electrons. The van der Waals surface area contributed by atoms with E-state index in [0.29, 0.717) is 12.8 Å². The largest absolute Gasteiger partial charge is 0.352 e. The minimum atomic E-state index is -4.33. The summed E-state index contributed by atoms with van der Waals surface area (Å²) in [5.41, 5.74) is 1.39. The van der Waals surface area contributed by atoms with Crippen molar-refractivity contribution in [3.63, 3.8) is 0 Å². The lowest BCUT2D eigenvalue weighted by molar-refractivity contribution is -0.140. The van der Waals surface area contributed by atoms with E-state index in [9.17, 15) is 22.4 Å². The van der Waals surface area contributed by atoms with Crippen LogP contribution in [0.3, 0.4) is 0 Å². The van der Waals surface area contributed by atoms with Gasteiger partial charge < -0.3 is 10.2 Å². The highest BCUT2D eigenvalue weighted by Gasteiger charge is 2.34. The second-order valence-electron chi connectivity index (χ2n) is 9.53. The van der Waals surface area contributed by atoms with Crippen LogP contribution in [0.4, 0.5) is 10.1 Å². The van der Waals surface area contributed by atoms with E-state index in [0.717, 1.165) is 21.5 Å². The number of anilines is 1. The number of aryl methyl sites for hydroxylation is 1. The maximum absolute atomic E-state index is 15.0. The van der Waals surface area contributed by atoms with Crippen LogP contribution in [0.25, 0.3) is 0 Å². The first-order chi connectivity index (χ1) is 18.6. The fraction of sp³-hybridized carbons (Fsp3) is 0.333. The number of hydrogen-bond donors (Lipinski definition) is 1. The normalized spacial score (nSPS) is 12.8. The summed E-state index contributed by atoms with van der Waals surface area (Å²) < 4.78 is 43.3. The highest BCUT2D eigenvalue weighted by Crippen LogP contribution is 2.27. The minimum absolute atomic E-state index is 0.0692. The first-order valence-electron chi connectivity index (χ1n) is 13.1. The summed E-state index contributed by atoms with van der Waals surface area (Å²) in [6, 6.07) is 19.8. The Kier molecular flexibility index (Phi) is 10.2. The number of hydrogen-bond acceptors (Lipinski definition) is 4. The Bertz CT molecular complexity index is 1360. The highest BCUT2D eigenvalue weighted by molar-refractivity contribution is 7.92. The van der Waals surface area contributed by atoms with Crippen LogP contribution in [0.5, 0.6) is 0 Å². The van der Waals surface area contributed by atoms with Gasteiger partial charge in [-0.15, -0.1) is 0 Å². The van der Waals surface area contributed by atoms with Crippen LogP contribution in [0, 0.1) is 12.7 Å². The highest BCUT2D eigenvalue weighted by atomic mass is 32.2. The molecule has 0 unspecified atom stereocenters.